The summed E-state index contributed by atoms with van der Waals surface area (Å²) in [5.74, 6) is 0.152. The number of nitrogens with zero attached hydrogens (tertiary/aromatic N) is 3. The lowest BCUT2D eigenvalue weighted by Crippen LogP contribution is -2.39. The Morgan fingerprint density at radius 1 is 1.32 bits per heavy atom. The van der Waals surface area contributed by atoms with Crippen LogP contribution in [-0.2, 0) is 11.2 Å². The van der Waals surface area contributed by atoms with Gasteiger partial charge in [-0.15, -0.1) is 0 Å². The van der Waals surface area contributed by atoms with E-state index < -0.39 is 0 Å². The van der Waals surface area contributed by atoms with Crippen molar-refractivity contribution in [2.75, 3.05) is 40.3 Å². The maximum Gasteiger partial charge on any atom is 0.220 e. The van der Waals surface area contributed by atoms with E-state index in [1.54, 1.807) is 6.33 Å². The summed E-state index contributed by atoms with van der Waals surface area (Å²) >= 11 is 0. The molecule has 0 bridgehead atoms. The van der Waals surface area contributed by atoms with Crippen LogP contribution >= 0.6 is 0 Å². The van der Waals surface area contributed by atoms with E-state index in [-0.39, 0.29) is 5.91 Å². The highest BCUT2D eigenvalue weighted by Gasteiger charge is 2.10. The number of H-pyrrole nitrogens is 1. The van der Waals surface area contributed by atoms with E-state index in [9.17, 15) is 4.79 Å². The second-order valence-electron chi connectivity index (χ2n) is 6.21. The van der Waals surface area contributed by atoms with Crippen LogP contribution in [0.25, 0.3) is 0 Å². The fourth-order valence-electron chi connectivity index (χ4n) is 2.30. The summed E-state index contributed by atoms with van der Waals surface area (Å²) in [6.07, 6.45) is 6.05. The largest absolute Gasteiger partial charge is 0.355 e. The maximum absolute atomic E-state index is 11.8. The normalized spacial score (nSPS) is 11.6. The van der Waals surface area contributed by atoms with E-state index in [0.717, 1.165) is 38.2 Å². The number of imidazole rings is 1. The monoisotopic (exact) mass is 309 g/mol. The summed E-state index contributed by atoms with van der Waals surface area (Å²) in [6.45, 7) is 7.89. The van der Waals surface area contributed by atoms with E-state index in [0.29, 0.717) is 19.0 Å². The quantitative estimate of drug-likeness (QED) is 0.643. The zero-order chi connectivity index (χ0) is 16.4. The zero-order valence-corrected chi connectivity index (χ0v) is 14.4. The fraction of sp³-hybridized carbons (Fsp3) is 0.750. The Bertz CT molecular complexity index is 403. The molecule has 0 spiro atoms. The van der Waals surface area contributed by atoms with Crippen molar-refractivity contribution in [3.05, 3.63) is 18.2 Å². The van der Waals surface area contributed by atoms with Gasteiger partial charge in [0, 0.05) is 50.4 Å². The summed E-state index contributed by atoms with van der Waals surface area (Å²) in [7, 11) is 4.05. The molecular weight excluding hydrogens is 278 g/mol. The lowest BCUT2D eigenvalue weighted by molar-refractivity contribution is -0.121. The van der Waals surface area contributed by atoms with Gasteiger partial charge in [-0.3, -0.25) is 9.69 Å². The minimum absolute atomic E-state index is 0.152. The molecule has 126 valence electrons. The Morgan fingerprint density at radius 3 is 2.68 bits per heavy atom. The number of carbonyl (C=O) groups excluding carboxylic acids is 1. The van der Waals surface area contributed by atoms with Crippen LogP contribution < -0.4 is 5.32 Å². The van der Waals surface area contributed by atoms with E-state index >= 15 is 0 Å². The molecule has 0 radical (unpaired) electrons. The Labute approximate surface area is 134 Å². The summed E-state index contributed by atoms with van der Waals surface area (Å²) in [4.78, 5) is 23.4. The van der Waals surface area contributed by atoms with E-state index in [2.05, 4.69) is 38.9 Å². The average molecular weight is 309 g/mol. The Balaban J connectivity index is 2.19. The van der Waals surface area contributed by atoms with Gasteiger partial charge in [0.1, 0.15) is 0 Å². The number of carbonyl (C=O) groups is 1. The highest BCUT2D eigenvalue weighted by atomic mass is 16.1. The molecule has 1 aromatic rings. The molecule has 0 saturated carbocycles. The minimum Gasteiger partial charge on any atom is -0.355 e. The molecule has 0 unspecified atom stereocenters. The third-order valence-corrected chi connectivity index (χ3v) is 3.68. The predicted octanol–water partition coefficient (Wildman–Crippen LogP) is 1.12. The van der Waals surface area contributed by atoms with Crippen molar-refractivity contribution in [1.82, 2.24) is 25.1 Å². The van der Waals surface area contributed by atoms with Crippen molar-refractivity contribution in [2.45, 2.75) is 39.2 Å². The number of hydrogen-bond acceptors (Lipinski definition) is 4. The molecule has 1 aromatic heterocycles. The first-order valence-electron chi connectivity index (χ1n) is 8.11. The van der Waals surface area contributed by atoms with Crippen LogP contribution in [0.15, 0.2) is 12.5 Å². The topological polar surface area (TPSA) is 64.3 Å². The van der Waals surface area contributed by atoms with Crippen molar-refractivity contribution in [1.29, 1.82) is 0 Å². The third-order valence-electron chi connectivity index (χ3n) is 3.68. The molecule has 0 fully saturated rings. The number of aromatic nitrogens is 2. The second-order valence-corrected chi connectivity index (χ2v) is 6.21. The molecule has 0 aliphatic heterocycles. The first-order chi connectivity index (χ1) is 10.5. The number of hydrogen-bond donors (Lipinski definition) is 2. The highest BCUT2D eigenvalue weighted by Crippen LogP contribution is 2.01. The van der Waals surface area contributed by atoms with Gasteiger partial charge in [-0.25, -0.2) is 4.98 Å². The zero-order valence-electron chi connectivity index (χ0n) is 14.4. The fourth-order valence-corrected chi connectivity index (χ4v) is 2.30. The summed E-state index contributed by atoms with van der Waals surface area (Å²) in [5.41, 5.74) is 1.15. The molecule has 1 amide bonds. The Kier molecular flexibility index (Phi) is 8.77. The molecule has 0 aromatic carbocycles. The van der Waals surface area contributed by atoms with E-state index in [1.165, 1.54) is 0 Å². The highest BCUT2D eigenvalue weighted by molar-refractivity contribution is 5.75. The van der Waals surface area contributed by atoms with Crippen LogP contribution in [0.5, 0.6) is 0 Å². The summed E-state index contributed by atoms with van der Waals surface area (Å²) in [5, 5.41) is 3.02. The molecule has 6 heteroatoms. The lowest BCUT2D eigenvalue weighted by Gasteiger charge is -2.26. The van der Waals surface area contributed by atoms with Crippen molar-refractivity contribution in [2.24, 2.45) is 0 Å². The van der Waals surface area contributed by atoms with Gasteiger partial charge in [0.15, 0.2) is 0 Å². The number of amides is 1. The molecule has 2 N–H and O–H groups in total. The van der Waals surface area contributed by atoms with E-state index in [4.69, 9.17) is 0 Å². The molecule has 0 atom stereocenters. The van der Waals surface area contributed by atoms with Crippen molar-refractivity contribution in [3.63, 3.8) is 0 Å². The number of rotatable bonds is 11. The number of aromatic amines is 1. The van der Waals surface area contributed by atoms with Crippen molar-refractivity contribution < 1.29 is 4.79 Å². The smallest absolute Gasteiger partial charge is 0.220 e. The molecule has 0 saturated heterocycles. The van der Waals surface area contributed by atoms with E-state index in [1.807, 2.05) is 20.3 Å². The lowest BCUT2D eigenvalue weighted by atomic mass is 10.2. The van der Waals surface area contributed by atoms with Gasteiger partial charge in [-0.2, -0.15) is 0 Å². The SMILES string of the molecule is CC(C)N(CCNC(=O)CCCN(C)C)CCc1cnc[nH]1. The first-order valence-corrected chi connectivity index (χ1v) is 8.11. The maximum atomic E-state index is 11.8. The molecule has 0 aliphatic rings. The molecule has 22 heavy (non-hydrogen) atoms. The van der Waals surface area contributed by atoms with Gasteiger partial charge in [0.25, 0.3) is 0 Å². The van der Waals surface area contributed by atoms with Gasteiger partial charge in [0.05, 0.1) is 6.33 Å². The summed E-state index contributed by atoms with van der Waals surface area (Å²) in [6, 6.07) is 0.466. The van der Waals surface area contributed by atoms with Gasteiger partial charge < -0.3 is 15.2 Å². The molecule has 0 aliphatic carbocycles. The number of nitrogens with one attached hydrogen (secondary N) is 2. The third kappa shape index (κ3) is 8.14. The molecule has 1 heterocycles. The van der Waals surface area contributed by atoms with Crippen LogP contribution in [0.1, 0.15) is 32.4 Å². The van der Waals surface area contributed by atoms with Crippen molar-refractivity contribution >= 4 is 5.91 Å². The van der Waals surface area contributed by atoms with Gasteiger partial charge in [-0.05, 0) is 40.9 Å². The molecule has 6 nitrogen and oxygen atoms in total. The van der Waals surface area contributed by atoms with Gasteiger partial charge >= 0.3 is 0 Å². The standard InChI is InChI=1S/C16H31N5O/c1-14(2)21(10-7-15-12-17-13-19-15)11-8-18-16(22)6-5-9-20(3)4/h12-14H,5-11H2,1-4H3,(H,17,19)(H,18,22). The average Bonchev–Trinajstić information content (AvgIpc) is 2.95. The van der Waals surface area contributed by atoms with Crippen LogP contribution in [0.4, 0.5) is 0 Å². The minimum atomic E-state index is 0.152. The summed E-state index contributed by atoms with van der Waals surface area (Å²) < 4.78 is 0. The van der Waals surface area contributed by atoms with Gasteiger partial charge in [0.2, 0.25) is 5.91 Å². The van der Waals surface area contributed by atoms with Crippen LogP contribution in [-0.4, -0.2) is 72.0 Å². The molecular formula is C16H31N5O. The van der Waals surface area contributed by atoms with Crippen LogP contribution in [0, 0.1) is 0 Å². The first kappa shape index (κ1) is 18.6. The predicted molar refractivity (Wildman–Crippen MR) is 89.8 cm³/mol. The van der Waals surface area contributed by atoms with Crippen LogP contribution in [0.2, 0.25) is 0 Å². The van der Waals surface area contributed by atoms with Crippen molar-refractivity contribution in [3.8, 4) is 0 Å². The Morgan fingerprint density at radius 2 is 2.09 bits per heavy atom. The molecule has 1 rings (SSSR count). The van der Waals surface area contributed by atoms with Crippen LogP contribution in [0.3, 0.4) is 0 Å². The van der Waals surface area contributed by atoms with Gasteiger partial charge in [-0.1, -0.05) is 0 Å². The Hall–Kier alpha value is -1.40. The second kappa shape index (κ2) is 10.3.